The van der Waals surface area contributed by atoms with Crippen molar-refractivity contribution in [2.24, 2.45) is 0 Å². The van der Waals surface area contributed by atoms with Crippen LogP contribution in [-0.4, -0.2) is 60.4 Å². The molecule has 5 rings (SSSR count). The average molecular weight is 528 g/mol. The number of anilines is 1. The number of benzene rings is 2. The number of carbonyl (C=O) groups excluding carboxylic acids is 4. The molecule has 3 aliphatic rings. The van der Waals surface area contributed by atoms with E-state index in [-0.39, 0.29) is 25.3 Å². The van der Waals surface area contributed by atoms with Crippen LogP contribution in [0.5, 0.6) is 0 Å². The quantitative estimate of drug-likeness (QED) is 0.599. The molecule has 0 radical (unpaired) electrons. The van der Waals surface area contributed by atoms with Crippen molar-refractivity contribution in [2.45, 2.75) is 48.0 Å². The van der Waals surface area contributed by atoms with Gasteiger partial charge in [0, 0.05) is 35.8 Å². The van der Waals surface area contributed by atoms with Gasteiger partial charge in [0.25, 0.3) is 11.8 Å². The molecule has 3 atom stereocenters. The zero-order chi connectivity index (χ0) is 25.2. The normalized spacial score (nSPS) is 23.8. The summed E-state index contributed by atoms with van der Waals surface area (Å²) in [6.45, 7) is 1.20. The SMILES string of the molecule is O=C1CC[C@@H](C(=O)N[C@@H]2C(=O)N(CC(=O)N3CCCC3)c3ccc(Cl)cc3S[C@@H]2c2ccccc2)O1. The minimum absolute atomic E-state index is 0.139. The lowest BCUT2D eigenvalue weighted by Gasteiger charge is -2.30. The third-order valence-corrected chi connectivity index (χ3v) is 8.27. The fraction of sp³-hybridized carbons (Fsp3) is 0.385. The van der Waals surface area contributed by atoms with Crippen LogP contribution < -0.4 is 10.2 Å². The van der Waals surface area contributed by atoms with Gasteiger partial charge in [-0.2, -0.15) is 0 Å². The predicted molar refractivity (Wildman–Crippen MR) is 136 cm³/mol. The van der Waals surface area contributed by atoms with Gasteiger partial charge in [0.15, 0.2) is 6.10 Å². The number of fused-ring (bicyclic) bond motifs is 1. The molecule has 0 bridgehead atoms. The number of cyclic esters (lactones) is 1. The van der Waals surface area contributed by atoms with Crippen LogP contribution in [0.25, 0.3) is 0 Å². The summed E-state index contributed by atoms with van der Waals surface area (Å²) < 4.78 is 5.15. The Morgan fingerprint density at radius 2 is 1.83 bits per heavy atom. The Morgan fingerprint density at radius 1 is 1.08 bits per heavy atom. The van der Waals surface area contributed by atoms with Gasteiger partial charge in [-0.05, 0) is 36.6 Å². The highest BCUT2D eigenvalue weighted by atomic mass is 35.5. The van der Waals surface area contributed by atoms with Gasteiger partial charge in [0.1, 0.15) is 12.6 Å². The molecule has 10 heteroatoms. The largest absolute Gasteiger partial charge is 0.452 e. The number of hydrogen-bond acceptors (Lipinski definition) is 6. The van der Waals surface area contributed by atoms with E-state index in [1.54, 1.807) is 23.1 Å². The van der Waals surface area contributed by atoms with Gasteiger partial charge >= 0.3 is 5.97 Å². The lowest BCUT2D eigenvalue weighted by molar-refractivity contribution is -0.148. The first-order valence-electron chi connectivity index (χ1n) is 12.0. The first-order valence-corrected chi connectivity index (χ1v) is 13.3. The molecule has 2 aromatic rings. The molecule has 1 N–H and O–H groups in total. The van der Waals surface area contributed by atoms with Crippen LogP contribution in [0, 0.1) is 0 Å². The van der Waals surface area contributed by atoms with E-state index in [1.807, 2.05) is 30.3 Å². The smallest absolute Gasteiger partial charge is 0.306 e. The van der Waals surface area contributed by atoms with Crippen molar-refractivity contribution >= 4 is 52.7 Å². The van der Waals surface area contributed by atoms with Crippen LogP contribution in [-0.2, 0) is 23.9 Å². The Kier molecular flexibility index (Phi) is 7.20. The van der Waals surface area contributed by atoms with E-state index in [2.05, 4.69) is 5.32 Å². The second kappa shape index (κ2) is 10.5. The van der Waals surface area contributed by atoms with Gasteiger partial charge in [-0.15, -0.1) is 11.8 Å². The summed E-state index contributed by atoms with van der Waals surface area (Å²) in [5.41, 5.74) is 1.41. The summed E-state index contributed by atoms with van der Waals surface area (Å²) in [6, 6.07) is 13.6. The van der Waals surface area contributed by atoms with E-state index in [9.17, 15) is 19.2 Å². The van der Waals surface area contributed by atoms with Gasteiger partial charge in [-0.1, -0.05) is 41.9 Å². The number of esters is 1. The lowest BCUT2D eigenvalue weighted by Crippen LogP contribution is -2.54. The van der Waals surface area contributed by atoms with Gasteiger partial charge in [0.05, 0.1) is 10.9 Å². The van der Waals surface area contributed by atoms with Crippen LogP contribution >= 0.6 is 23.4 Å². The van der Waals surface area contributed by atoms with Crippen LogP contribution in [0.15, 0.2) is 53.4 Å². The average Bonchev–Trinajstić information content (AvgIpc) is 3.55. The fourth-order valence-electron chi connectivity index (χ4n) is 4.79. The molecule has 0 aromatic heterocycles. The minimum atomic E-state index is -0.998. The maximum absolute atomic E-state index is 14.1. The number of carbonyl (C=O) groups is 4. The van der Waals surface area contributed by atoms with Gasteiger partial charge in [-0.25, -0.2) is 0 Å². The summed E-state index contributed by atoms with van der Waals surface area (Å²) in [5, 5.41) is 2.87. The third kappa shape index (κ3) is 5.08. The molecule has 2 saturated heterocycles. The number of halogens is 1. The third-order valence-electron chi connectivity index (χ3n) is 6.66. The number of thioether (sulfide) groups is 1. The Hall–Kier alpha value is -3.04. The highest BCUT2D eigenvalue weighted by Crippen LogP contribution is 2.46. The molecular formula is C26H26ClN3O5S. The van der Waals surface area contributed by atoms with E-state index in [1.165, 1.54) is 16.7 Å². The molecule has 0 aliphatic carbocycles. The summed E-state index contributed by atoms with van der Waals surface area (Å²) in [5.74, 6) is -1.49. The van der Waals surface area contributed by atoms with Crippen molar-refractivity contribution in [3.63, 3.8) is 0 Å². The van der Waals surface area contributed by atoms with Crippen molar-refractivity contribution < 1.29 is 23.9 Å². The number of nitrogens with one attached hydrogen (secondary N) is 1. The molecule has 36 heavy (non-hydrogen) atoms. The summed E-state index contributed by atoms with van der Waals surface area (Å²) in [6.07, 6.45) is 1.37. The number of nitrogens with zero attached hydrogens (tertiary/aromatic N) is 2. The van der Waals surface area contributed by atoms with Crippen LogP contribution in [0.2, 0.25) is 5.02 Å². The van der Waals surface area contributed by atoms with E-state index in [0.717, 1.165) is 23.3 Å². The van der Waals surface area contributed by atoms with Crippen LogP contribution in [0.3, 0.4) is 0 Å². The summed E-state index contributed by atoms with van der Waals surface area (Å²) in [4.78, 5) is 55.9. The highest BCUT2D eigenvalue weighted by molar-refractivity contribution is 7.99. The van der Waals surface area contributed by atoms with Gasteiger partial charge in [-0.3, -0.25) is 19.2 Å². The zero-order valence-corrected chi connectivity index (χ0v) is 21.1. The zero-order valence-electron chi connectivity index (χ0n) is 19.5. The van der Waals surface area contributed by atoms with E-state index in [0.29, 0.717) is 23.8 Å². The molecule has 8 nitrogen and oxygen atoms in total. The van der Waals surface area contributed by atoms with Crippen molar-refractivity contribution in [3.05, 3.63) is 59.1 Å². The van der Waals surface area contributed by atoms with Gasteiger partial charge < -0.3 is 19.9 Å². The highest BCUT2D eigenvalue weighted by Gasteiger charge is 2.42. The molecule has 2 aromatic carbocycles. The van der Waals surface area contributed by atoms with E-state index in [4.69, 9.17) is 16.3 Å². The Labute approximate surface area is 218 Å². The molecule has 0 spiro atoms. The molecular weight excluding hydrogens is 502 g/mol. The summed E-state index contributed by atoms with van der Waals surface area (Å²) in [7, 11) is 0. The molecule has 3 amide bonds. The van der Waals surface area contributed by atoms with Crippen molar-refractivity contribution in [1.82, 2.24) is 10.2 Å². The number of rotatable bonds is 5. The maximum Gasteiger partial charge on any atom is 0.306 e. The maximum atomic E-state index is 14.1. The van der Waals surface area contributed by atoms with E-state index < -0.39 is 35.2 Å². The minimum Gasteiger partial charge on any atom is -0.452 e. The molecule has 2 fully saturated rings. The summed E-state index contributed by atoms with van der Waals surface area (Å²) >= 11 is 7.74. The Balaban J connectivity index is 1.53. The number of likely N-dealkylation sites (tertiary alicyclic amines) is 1. The number of hydrogen-bond donors (Lipinski definition) is 1. The van der Waals surface area contributed by atoms with Crippen LogP contribution in [0.1, 0.15) is 36.5 Å². The van der Waals surface area contributed by atoms with Crippen molar-refractivity contribution in [2.75, 3.05) is 24.5 Å². The fourth-order valence-corrected chi connectivity index (χ4v) is 6.41. The molecule has 3 heterocycles. The molecule has 188 valence electrons. The van der Waals surface area contributed by atoms with Gasteiger partial charge in [0.2, 0.25) is 5.91 Å². The first kappa shape index (κ1) is 24.6. The van der Waals surface area contributed by atoms with E-state index >= 15 is 0 Å². The molecule has 0 saturated carbocycles. The standard InChI is InChI=1S/C26H26ClN3O5S/c27-17-8-9-18-20(14-17)36-24(16-6-2-1-3-7-16)23(28-25(33)19-10-11-22(32)35-19)26(34)30(18)15-21(31)29-12-4-5-13-29/h1-3,6-9,14,19,23-24H,4-5,10-13,15H2,(H,28,33)/t19-,23-,24+/m0/s1. The topological polar surface area (TPSA) is 96.0 Å². The second-order valence-electron chi connectivity index (χ2n) is 9.08. The Bertz CT molecular complexity index is 1190. The van der Waals surface area contributed by atoms with Crippen molar-refractivity contribution in [1.29, 1.82) is 0 Å². The van der Waals surface area contributed by atoms with Crippen molar-refractivity contribution in [3.8, 4) is 0 Å². The first-order chi connectivity index (χ1) is 17.4. The van der Waals surface area contributed by atoms with Crippen LogP contribution in [0.4, 0.5) is 5.69 Å². The monoisotopic (exact) mass is 527 g/mol. The number of amides is 3. The molecule has 0 unspecified atom stereocenters. The predicted octanol–water partition coefficient (Wildman–Crippen LogP) is 3.33. The lowest BCUT2D eigenvalue weighted by atomic mass is 10.0. The molecule has 3 aliphatic heterocycles. The second-order valence-corrected chi connectivity index (χ2v) is 10.7. The Morgan fingerprint density at radius 3 is 2.53 bits per heavy atom. The number of ether oxygens (including phenoxy) is 1.